The highest BCUT2D eigenvalue weighted by molar-refractivity contribution is 6.05. The molecule has 6 rings (SSSR count). The van der Waals surface area contributed by atoms with Crippen molar-refractivity contribution in [2.75, 3.05) is 31.5 Å². The van der Waals surface area contributed by atoms with E-state index in [1.54, 1.807) is 49.4 Å². The van der Waals surface area contributed by atoms with E-state index in [-0.39, 0.29) is 18.0 Å². The number of hydrogen-bond acceptors (Lipinski definition) is 5. The van der Waals surface area contributed by atoms with Gasteiger partial charge in [-0.05, 0) is 104 Å². The summed E-state index contributed by atoms with van der Waals surface area (Å²) in [6.07, 6.45) is 1.58. The van der Waals surface area contributed by atoms with Gasteiger partial charge in [-0.1, -0.05) is 18.2 Å². The Morgan fingerprint density at radius 1 is 0.721 bits per heavy atom. The van der Waals surface area contributed by atoms with Crippen molar-refractivity contribution in [2.45, 2.75) is 32.0 Å². The molecule has 2 aliphatic heterocycles. The third kappa shape index (κ3) is 6.53. The van der Waals surface area contributed by atoms with Crippen molar-refractivity contribution >= 4 is 11.6 Å². The number of anilines is 1. The summed E-state index contributed by atoms with van der Waals surface area (Å²) in [5, 5.41) is 9.44. The summed E-state index contributed by atoms with van der Waals surface area (Å²) in [6.45, 7) is 4.78. The average molecular weight is 588 g/mol. The second-order valence-corrected chi connectivity index (χ2v) is 10.9. The molecule has 0 spiro atoms. The minimum absolute atomic E-state index is 0.00930. The van der Waals surface area contributed by atoms with Gasteiger partial charge in [0.1, 0.15) is 29.5 Å². The normalized spacial score (nSPS) is 18.0. The Balaban J connectivity index is 1.31. The van der Waals surface area contributed by atoms with Crippen LogP contribution in [-0.4, -0.2) is 44.3 Å². The van der Waals surface area contributed by atoms with E-state index in [1.807, 2.05) is 6.07 Å². The van der Waals surface area contributed by atoms with Gasteiger partial charge in [0.25, 0.3) is 5.91 Å². The number of carbonyl (C=O) groups excluding carboxylic acids is 1. The number of hydrogen-bond donors (Lipinski definition) is 3. The molecule has 0 saturated carbocycles. The molecular weight excluding hydrogens is 555 g/mol. The largest absolute Gasteiger partial charge is 0.488 e. The van der Waals surface area contributed by atoms with Gasteiger partial charge in [0, 0.05) is 35.5 Å². The van der Waals surface area contributed by atoms with Gasteiger partial charge in [-0.15, -0.1) is 0 Å². The molecule has 2 aliphatic rings. The fourth-order valence-corrected chi connectivity index (χ4v) is 5.38. The van der Waals surface area contributed by atoms with Crippen LogP contribution in [-0.2, 0) is 0 Å². The van der Waals surface area contributed by atoms with Gasteiger partial charge in [0.05, 0.1) is 0 Å². The Labute approximate surface area is 248 Å². The molecule has 43 heavy (non-hydrogen) atoms. The van der Waals surface area contributed by atoms with E-state index >= 15 is 0 Å². The predicted octanol–water partition coefficient (Wildman–Crippen LogP) is 6.48. The number of aryl methyl sites for hydroxylation is 1. The fraction of sp³-hybridized carbons (Fsp3) is 0.265. The number of nitrogens with one attached hydrogen (secondary N) is 3. The lowest BCUT2D eigenvalue weighted by atomic mass is 10.0. The molecule has 6 nitrogen and oxygen atoms in total. The van der Waals surface area contributed by atoms with Gasteiger partial charge in [-0.25, -0.2) is 13.2 Å². The maximum atomic E-state index is 14.5. The van der Waals surface area contributed by atoms with Gasteiger partial charge >= 0.3 is 0 Å². The van der Waals surface area contributed by atoms with Crippen LogP contribution in [0.1, 0.15) is 28.8 Å². The first-order valence-corrected chi connectivity index (χ1v) is 14.4. The maximum Gasteiger partial charge on any atom is 0.255 e. The molecule has 2 fully saturated rings. The zero-order chi connectivity index (χ0) is 29.9. The first kappa shape index (κ1) is 28.8. The van der Waals surface area contributed by atoms with E-state index in [0.29, 0.717) is 57.1 Å². The van der Waals surface area contributed by atoms with Crippen LogP contribution in [0.3, 0.4) is 0 Å². The van der Waals surface area contributed by atoms with Crippen molar-refractivity contribution in [1.29, 1.82) is 0 Å². The molecule has 0 bridgehead atoms. The summed E-state index contributed by atoms with van der Waals surface area (Å²) in [6, 6.07) is 18.8. The smallest absolute Gasteiger partial charge is 0.255 e. The number of amides is 1. The zero-order valence-corrected chi connectivity index (χ0v) is 23.7. The Bertz CT molecular complexity index is 1650. The topological polar surface area (TPSA) is 71.6 Å². The molecular formula is C34H32F3N3O3. The lowest BCUT2D eigenvalue weighted by Crippen LogP contribution is -2.20. The van der Waals surface area contributed by atoms with Gasteiger partial charge in [-0.3, -0.25) is 4.79 Å². The first-order chi connectivity index (χ1) is 20.8. The van der Waals surface area contributed by atoms with Gasteiger partial charge in [-0.2, -0.15) is 0 Å². The molecule has 0 aliphatic carbocycles. The zero-order valence-electron chi connectivity index (χ0n) is 23.7. The van der Waals surface area contributed by atoms with Crippen molar-refractivity contribution in [1.82, 2.24) is 10.6 Å². The van der Waals surface area contributed by atoms with Crippen LogP contribution in [0.15, 0.2) is 72.8 Å². The highest BCUT2D eigenvalue weighted by Crippen LogP contribution is 2.36. The number of rotatable bonds is 8. The second kappa shape index (κ2) is 12.5. The summed E-state index contributed by atoms with van der Waals surface area (Å²) >= 11 is 0. The number of halogens is 3. The maximum absolute atomic E-state index is 14.5. The summed E-state index contributed by atoms with van der Waals surface area (Å²) in [5.74, 6) is -1.62. The van der Waals surface area contributed by atoms with Crippen LogP contribution in [0.2, 0.25) is 0 Å². The highest BCUT2D eigenvalue weighted by atomic mass is 19.2. The lowest BCUT2D eigenvalue weighted by molar-refractivity contribution is 0.102. The predicted molar refractivity (Wildman–Crippen MR) is 160 cm³/mol. The van der Waals surface area contributed by atoms with Crippen molar-refractivity contribution in [3.63, 3.8) is 0 Å². The van der Waals surface area contributed by atoms with Gasteiger partial charge in [0.15, 0.2) is 11.6 Å². The Morgan fingerprint density at radius 2 is 1.33 bits per heavy atom. The summed E-state index contributed by atoms with van der Waals surface area (Å²) < 4.78 is 54.9. The van der Waals surface area contributed by atoms with Gasteiger partial charge < -0.3 is 25.4 Å². The third-order valence-electron chi connectivity index (χ3n) is 7.81. The molecule has 4 aromatic carbocycles. The minimum atomic E-state index is -0.989. The number of benzene rings is 4. The van der Waals surface area contributed by atoms with E-state index in [2.05, 4.69) is 16.0 Å². The standard InChI is InChI=1S/C34H32F3N3O3/c1-20-2-3-21(15-30(20)36)28-17-24(6-9-33(28)43-26-11-13-39-19-26)40-34(41)23-5-8-32(42-25-10-12-38-18-25)27(14-23)22-4-7-29(35)31(37)16-22/h2-9,14-17,25-26,38-39H,10-13,18-19H2,1H3,(H,40,41)/t25-,26-/m0/s1. The second-order valence-electron chi connectivity index (χ2n) is 10.9. The molecule has 9 heteroatoms. The van der Waals surface area contributed by atoms with Crippen LogP contribution < -0.4 is 25.4 Å². The van der Waals surface area contributed by atoms with Gasteiger partial charge in [0.2, 0.25) is 0 Å². The minimum Gasteiger partial charge on any atom is -0.488 e. The van der Waals surface area contributed by atoms with E-state index in [9.17, 15) is 18.0 Å². The molecule has 3 N–H and O–H groups in total. The van der Waals surface area contributed by atoms with E-state index in [1.165, 1.54) is 12.1 Å². The molecule has 0 radical (unpaired) electrons. The highest BCUT2D eigenvalue weighted by Gasteiger charge is 2.22. The summed E-state index contributed by atoms with van der Waals surface area (Å²) in [4.78, 5) is 13.5. The Hall–Kier alpha value is -4.34. The number of carbonyl (C=O) groups is 1. The van der Waals surface area contributed by atoms with Crippen LogP contribution in [0.5, 0.6) is 11.5 Å². The van der Waals surface area contributed by atoms with Crippen LogP contribution >= 0.6 is 0 Å². The van der Waals surface area contributed by atoms with Crippen molar-refractivity contribution in [3.8, 4) is 33.8 Å². The van der Waals surface area contributed by atoms with Crippen molar-refractivity contribution in [2.24, 2.45) is 0 Å². The summed E-state index contributed by atoms with van der Waals surface area (Å²) in [7, 11) is 0. The fourth-order valence-electron chi connectivity index (χ4n) is 5.38. The quantitative estimate of drug-likeness (QED) is 0.220. The first-order valence-electron chi connectivity index (χ1n) is 14.4. The average Bonchev–Trinajstić information content (AvgIpc) is 3.72. The molecule has 1 amide bonds. The molecule has 222 valence electrons. The SMILES string of the molecule is Cc1ccc(-c2cc(NC(=O)c3ccc(O[C@H]4CCNC4)c(-c4ccc(F)c(F)c4)c3)ccc2O[C@H]2CCNC2)cc1F. The Morgan fingerprint density at radius 3 is 1.93 bits per heavy atom. The molecule has 2 saturated heterocycles. The summed E-state index contributed by atoms with van der Waals surface area (Å²) in [5.41, 5.74) is 3.47. The van der Waals surface area contributed by atoms with Crippen LogP contribution in [0.4, 0.5) is 18.9 Å². The molecule has 2 atom stereocenters. The Kier molecular flexibility index (Phi) is 8.35. The molecule has 2 heterocycles. The molecule has 4 aromatic rings. The molecule has 0 aromatic heterocycles. The number of ether oxygens (including phenoxy) is 2. The van der Waals surface area contributed by atoms with Crippen molar-refractivity contribution in [3.05, 3.63) is 101 Å². The molecule has 0 unspecified atom stereocenters. The van der Waals surface area contributed by atoms with E-state index in [4.69, 9.17) is 9.47 Å². The van der Waals surface area contributed by atoms with Crippen LogP contribution in [0.25, 0.3) is 22.3 Å². The van der Waals surface area contributed by atoms with E-state index in [0.717, 1.165) is 44.6 Å². The van der Waals surface area contributed by atoms with E-state index < -0.39 is 17.5 Å². The monoisotopic (exact) mass is 587 g/mol. The lowest BCUT2D eigenvalue weighted by Gasteiger charge is -2.19. The van der Waals surface area contributed by atoms with Crippen LogP contribution in [0, 0.1) is 24.4 Å². The van der Waals surface area contributed by atoms with Crippen molar-refractivity contribution < 1.29 is 27.4 Å². The third-order valence-corrected chi connectivity index (χ3v) is 7.81.